The van der Waals surface area contributed by atoms with Gasteiger partial charge >= 0.3 is 0 Å². The number of halogens is 2. The van der Waals surface area contributed by atoms with Gasteiger partial charge in [-0.2, -0.15) is 5.10 Å². The normalized spacial score (nSPS) is 10.8. The molecule has 0 spiro atoms. The van der Waals surface area contributed by atoms with Crippen LogP contribution in [0.1, 0.15) is 10.6 Å². The molecular formula is C21H14F2N4O. The number of primary amides is 1. The van der Waals surface area contributed by atoms with Crippen LogP contribution >= 0.6 is 0 Å². The number of hydrogen-bond donors (Lipinski definition) is 2. The van der Waals surface area contributed by atoms with Crippen molar-refractivity contribution in [3.8, 4) is 33.6 Å². The number of amides is 1. The summed E-state index contributed by atoms with van der Waals surface area (Å²) in [5.41, 5.74) is 8.07. The molecule has 0 aliphatic rings. The van der Waals surface area contributed by atoms with Gasteiger partial charge in [-0.25, -0.2) is 13.8 Å². The monoisotopic (exact) mass is 376 g/mol. The number of aromatic nitrogens is 3. The molecule has 0 saturated carbocycles. The lowest BCUT2D eigenvalue weighted by Crippen LogP contribution is -2.12. The van der Waals surface area contributed by atoms with Crippen LogP contribution in [0.25, 0.3) is 33.6 Å². The lowest BCUT2D eigenvalue weighted by Gasteiger charge is -2.12. The molecule has 4 aromatic rings. The number of H-pyrrole nitrogens is 1. The molecule has 3 aromatic carbocycles. The summed E-state index contributed by atoms with van der Waals surface area (Å²) >= 11 is 0. The van der Waals surface area contributed by atoms with Crippen molar-refractivity contribution in [2.24, 2.45) is 5.73 Å². The van der Waals surface area contributed by atoms with Crippen molar-refractivity contribution in [2.75, 3.05) is 0 Å². The zero-order valence-corrected chi connectivity index (χ0v) is 14.5. The lowest BCUT2D eigenvalue weighted by atomic mass is 9.93. The van der Waals surface area contributed by atoms with E-state index in [0.717, 1.165) is 23.3 Å². The standard InChI is InChI=1S/C21H14F2N4O/c22-14-8-9-18(23)17(11-14)16-7-2-1-6-15(16)12-4-3-5-13(10-12)20-25-21(19(24)28)27-26-20/h1-11H,(H2,24,28)(H,25,26,27). The first kappa shape index (κ1) is 17.5. The molecule has 138 valence electrons. The summed E-state index contributed by atoms with van der Waals surface area (Å²) in [5, 5.41) is 6.49. The highest BCUT2D eigenvalue weighted by Gasteiger charge is 2.14. The van der Waals surface area contributed by atoms with Crippen LogP contribution in [0.4, 0.5) is 8.78 Å². The molecule has 0 saturated heterocycles. The minimum absolute atomic E-state index is 0.0392. The number of benzene rings is 3. The smallest absolute Gasteiger partial charge is 0.286 e. The fourth-order valence-electron chi connectivity index (χ4n) is 3.00. The second-order valence-electron chi connectivity index (χ2n) is 6.12. The van der Waals surface area contributed by atoms with E-state index in [1.54, 1.807) is 24.3 Å². The molecule has 4 rings (SSSR count). The summed E-state index contributed by atoms with van der Waals surface area (Å²) in [4.78, 5) is 15.3. The molecule has 0 aliphatic heterocycles. The van der Waals surface area contributed by atoms with E-state index in [-0.39, 0.29) is 11.4 Å². The third kappa shape index (κ3) is 3.25. The Morgan fingerprint density at radius 3 is 2.36 bits per heavy atom. The fraction of sp³-hybridized carbons (Fsp3) is 0. The second-order valence-corrected chi connectivity index (χ2v) is 6.12. The van der Waals surface area contributed by atoms with E-state index in [2.05, 4.69) is 15.2 Å². The number of rotatable bonds is 4. The van der Waals surface area contributed by atoms with Gasteiger partial charge in [-0.15, -0.1) is 0 Å². The summed E-state index contributed by atoms with van der Waals surface area (Å²) in [6.45, 7) is 0. The van der Waals surface area contributed by atoms with E-state index in [1.165, 1.54) is 6.07 Å². The van der Waals surface area contributed by atoms with Crippen LogP contribution in [0.5, 0.6) is 0 Å². The van der Waals surface area contributed by atoms with Crippen LogP contribution < -0.4 is 5.73 Å². The SMILES string of the molecule is NC(=O)c1nc(-c2cccc(-c3ccccc3-c3cc(F)ccc3F)c2)n[nH]1. The Morgan fingerprint density at radius 2 is 1.61 bits per heavy atom. The first-order chi connectivity index (χ1) is 13.5. The maximum atomic E-state index is 14.3. The van der Waals surface area contributed by atoms with Crippen molar-refractivity contribution in [2.45, 2.75) is 0 Å². The Morgan fingerprint density at radius 1 is 0.857 bits per heavy atom. The molecule has 0 aliphatic carbocycles. The summed E-state index contributed by atoms with van der Waals surface area (Å²) in [5.74, 6) is -1.46. The Hall–Kier alpha value is -3.87. The highest BCUT2D eigenvalue weighted by Crippen LogP contribution is 2.35. The van der Waals surface area contributed by atoms with Crippen LogP contribution in [0, 0.1) is 11.6 Å². The summed E-state index contributed by atoms with van der Waals surface area (Å²) in [7, 11) is 0. The van der Waals surface area contributed by atoms with E-state index >= 15 is 0 Å². The van der Waals surface area contributed by atoms with Crippen molar-refractivity contribution >= 4 is 5.91 Å². The van der Waals surface area contributed by atoms with Gasteiger partial charge in [0.25, 0.3) is 5.91 Å². The molecule has 0 atom stereocenters. The Balaban J connectivity index is 1.82. The number of aromatic amines is 1. The van der Waals surface area contributed by atoms with Gasteiger partial charge in [-0.1, -0.05) is 42.5 Å². The summed E-state index contributed by atoms with van der Waals surface area (Å²) in [6.07, 6.45) is 0. The molecule has 0 fully saturated rings. The molecule has 7 heteroatoms. The van der Waals surface area contributed by atoms with Gasteiger partial charge in [-0.3, -0.25) is 9.89 Å². The van der Waals surface area contributed by atoms with Gasteiger partial charge in [0, 0.05) is 11.1 Å². The minimum atomic E-state index is -0.707. The minimum Gasteiger partial charge on any atom is -0.363 e. The van der Waals surface area contributed by atoms with Gasteiger partial charge in [0.1, 0.15) is 11.6 Å². The summed E-state index contributed by atoms with van der Waals surface area (Å²) < 4.78 is 28.0. The number of hydrogen-bond acceptors (Lipinski definition) is 3. The zero-order valence-electron chi connectivity index (χ0n) is 14.5. The fourth-order valence-corrected chi connectivity index (χ4v) is 3.00. The Labute approximate surface area is 158 Å². The highest BCUT2D eigenvalue weighted by atomic mass is 19.1. The Kier molecular flexibility index (Phi) is 4.41. The van der Waals surface area contributed by atoms with Gasteiger partial charge < -0.3 is 5.73 Å². The molecule has 1 amide bonds. The molecule has 0 bridgehead atoms. The van der Waals surface area contributed by atoms with E-state index in [4.69, 9.17) is 5.73 Å². The first-order valence-corrected chi connectivity index (χ1v) is 8.40. The van der Waals surface area contributed by atoms with E-state index in [0.29, 0.717) is 17.0 Å². The van der Waals surface area contributed by atoms with Crippen LogP contribution in [-0.4, -0.2) is 21.1 Å². The van der Waals surface area contributed by atoms with Crippen molar-refractivity contribution < 1.29 is 13.6 Å². The molecular weight excluding hydrogens is 362 g/mol. The van der Waals surface area contributed by atoms with E-state index < -0.39 is 17.5 Å². The molecule has 3 N–H and O–H groups in total. The predicted molar refractivity (Wildman–Crippen MR) is 101 cm³/mol. The van der Waals surface area contributed by atoms with Crippen LogP contribution in [0.15, 0.2) is 66.7 Å². The van der Waals surface area contributed by atoms with Crippen molar-refractivity contribution in [1.82, 2.24) is 15.2 Å². The van der Waals surface area contributed by atoms with Crippen molar-refractivity contribution in [3.63, 3.8) is 0 Å². The summed E-state index contributed by atoms with van der Waals surface area (Å²) in [6, 6.07) is 17.7. The number of carbonyl (C=O) groups is 1. The molecule has 5 nitrogen and oxygen atoms in total. The maximum Gasteiger partial charge on any atom is 0.286 e. The first-order valence-electron chi connectivity index (χ1n) is 8.40. The van der Waals surface area contributed by atoms with Gasteiger partial charge in [-0.05, 0) is 41.0 Å². The van der Waals surface area contributed by atoms with Crippen molar-refractivity contribution in [3.05, 3.63) is 84.2 Å². The third-order valence-corrected chi connectivity index (χ3v) is 4.30. The number of nitrogens with one attached hydrogen (secondary N) is 1. The van der Waals surface area contributed by atoms with Crippen LogP contribution in [0.3, 0.4) is 0 Å². The second kappa shape index (κ2) is 7.03. The van der Waals surface area contributed by atoms with Crippen molar-refractivity contribution in [1.29, 1.82) is 0 Å². The van der Waals surface area contributed by atoms with Gasteiger partial charge in [0.05, 0.1) is 0 Å². The average molecular weight is 376 g/mol. The van der Waals surface area contributed by atoms with E-state index in [1.807, 2.05) is 24.3 Å². The number of nitrogens with zero attached hydrogens (tertiary/aromatic N) is 2. The van der Waals surface area contributed by atoms with Gasteiger partial charge in [0.2, 0.25) is 5.82 Å². The zero-order chi connectivity index (χ0) is 19.7. The highest BCUT2D eigenvalue weighted by molar-refractivity contribution is 5.89. The molecule has 1 aromatic heterocycles. The van der Waals surface area contributed by atoms with Gasteiger partial charge in [0.15, 0.2) is 5.82 Å². The molecule has 0 radical (unpaired) electrons. The third-order valence-electron chi connectivity index (χ3n) is 4.30. The Bertz CT molecular complexity index is 1190. The van der Waals surface area contributed by atoms with Crippen LogP contribution in [0.2, 0.25) is 0 Å². The lowest BCUT2D eigenvalue weighted by molar-refractivity contribution is 0.0991. The quantitative estimate of drug-likeness (QED) is 0.560. The topological polar surface area (TPSA) is 84.7 Å². The molecule has 1 heterocycles. The van der Waals surface area contributed by atoms with E-state index in [9.17, 15) is 13.6 Å². The number of nitrogens with two attached hydrogens (primary N) is 1. The molecule has 0 unspecified atom stereocenters. The maximum absolute atomic E-state index is 14.3. The van der Waals surface area contributed by atoms with Crippen LogP contribution in [-0.2, 0) is 0 Å². The molecule has 28 heavy (non-hydrogen) atoms. The predicted octanol–water partition coefficient (Wildman–Crippen LogP) is 4.18. The average Bonchev–Trinajstić information content (AvgIpc) is 3.21. The largest absolute Gasteiger partial charge is 0.363 e. The number of carbonyl (C=O) groups excluding carboxylic acids is 1.